The van der Waals surface area contributed by atoms with Gasteiger partial charge in [-0.2, -0.15) is 0 Å². The Morgan fingerprint density at radius 1 is 0.917 bits per heavy atom. The lowest BCUT2D eigenvalue weighted by molar-refractivity contribution is -0.144. The Morgan fingerprint density at radius 3 is 2.06 bits per heavy atom. The van der Waals surface area contributed by atoms with Crippen LogP contribution in [0.1, 0.15) is 44.2 Å². The van der Waals surface area contributed by atoms with Crippen molar-refractivity contribution in [1.82, 2.24) is 16.0 Å². The van der Waals surface area contributed by atoms with Gasteiger partial charge in [0.15, 0.2) is 5.78 Å². The minimum atomic E-state index is -1.06. The molecular formula is C28H33N3O5. The third-order valence-corrected chi connectivity index (χ3v) is 7.16. The van der Waals surface area contributed by atoms with Gasteiger partial charge in [-0.15, -0.1) is 0 Å². The van der Waals surface area contributed by atoms with Crippen molar-refractivity contribution < 1.29 is 23.9 Å². The zero-order chi connectivity index (χ0) is 25.9. The van der Waals surface area contributed by atoms with Crippen molar-refractivity contribution in [2.45, 2.75) is 63.6 Å². The molecule has 1 saturated heterocycles. The van der Waals surface area contributed by atoms with Crippen LogP contribution < -0.4 is 20.7 Å². The molecular weight excluding hydrogens is 458 g/mol. The first-order chi connectivity index (χ1) is 17.1. The Hall–Kier alpha value is -3.68. The first-order valence-electron chi connectivity index (χ1n) is 12.3. The monoisotopic (exact) mass is 491 g/mol. The number of benzene rings is 2. The number of carbonyl (C=O) groups excluding carboxylic acids is 4. The zero-order valence-electron chi connectivity index (χ0n) is 20.9. The smallest absolute Gasteiger partial charge is 0.246 e. The highest BCUT2D eigenvalue weighted by molar-refractivity contribution is 6.03. The fourth-order valence-electron chi connectivity index (χ4n) is 4.46. The third-order valence-electron chi connectivity index (χ3n) is 7.16. The van der Waals surface area contributed by atoms with Crippen LogP contribution in [0.15, 0.2) is 54.6 Å². The molecule has 2 aromatic rings. The molecule has 1 heterocycles. The second-order valence-electron chi connectivity index (χ2n) is 10.3. The number of ketones is 1. The summed E-state index contributed by atoms with van der Waals surface area (Å²) in [6.45, 7) is 3.55. The van der Waals surface area contributed by atoms with Gasteiger partial charge in [-0.25, -0.2) is 0 Å². The number of nitrogens with one attached hydrogen (secondary N) is 3. The van der Waals surface area contributed by atoms with E-state index in [1.54, 1.807) is 26.2 Å². The lowest BCUT2D eigenvalue weighted by Gasteiger charge is -2.38. The lowest BCUT2D eigenvalue weighted by Crippen LogP contribution is -2.68. The molecule has 190 valence electrons. The summed E-state index contributed by atoms with van der Waals surface area (Å²) < 4.78 is 5.21. The van der Waals surface area contributed by atoms with Gasteiger partial charge in [0.2, 0.25) is 17.7 Å². The normalized spacial score (nSPS) is 21.2. The summed E-state index contributed by atoms with van der Waals surface area (Å²) in [7, 11) is 1.57. The van der Waals surface area contributed by atoms with Crippen LogP contribution in [-0.2, 0) is 32.0 Å². The summed E-state index contributed by atoms with van der Waals surface area (Å²) in [6, 6.07) is 15.2. The number of hydrogen-bond acceptors (Lipinski definition) is 5. The maximum absolute atomic E-state index is 13.6. The van der Waals surface area contributed by atoms with Crippen LogP contribution in [0.25, 0.3) is 0 Å². The zero-order valence-corrected chi connectivity index (χ0v) is 20.9. The van der Waals surface area contributed by atoms with Crippen molar-refractivity contribution in [3.63, 3.8) is 0 Å². The summed E-state index contributed by atoms with van der Waals surface area (Å²) in [5.74, 6) is -0.398. The average Bonchev–Trinajstić information content (AvgIpc) is 3.61. The predicted octanol–water partition coefficient (Wildman–Crippen LogP) is 2.10. The van der Waals surface area contributed by atoms with Crippen LogP contribution in [0.5, 0.6) is 5.75 Å². The van der Waals surface area contributed by atoms with E-state index >= 15 is 0 Å². The molecule has 8 nitrogen and oxygen atoms in total. The van der Waals surface area contributed by atoms with Crippen LogP contribution in [0.2, 0.25) is 0 Å². The Morgan fingerprint density at radius 2 is 1.50 bits per heavy atom. The summed E-state index contributed by atoms with van der Waals surface area (Å²) in [5, 5.41) is 8.36. The van der Waals surface area contributed by atoms with E-state index in [-0.39, 0.29) is 24.5 Å². The van der Waals surface area contributed by atoms with E-state index in [2.05, 4.69) is 16.0 Å². The molecule has 3 atom stereocenters. The summed E-state index contributed by atoms with van der Waals surface area (Å²) >= 11 is 0. The van der Waals surface area contributed by atoms with Crippen LogP contribution in [0.3, 0.4) is 0 Å². The van der Waals surface area contributed by atoms with Crippen molar-refractivity contribution >= 4 is 23.5 Å². The van der Waals surface area contributed by atoms with Crippen LogP contribution in [0, 0.1) is 5.41 Å². The highest BCUT2D eigenvalue weighted by Crippen LogP contribution is 2.46. The van der Waals surface area contributed by atoms with E-state index in [0.717, 1.165) is 24.0 Å². The van der Waals surface area contributed by atoms with Gasteiger partial charge >= 0.3 is 0 Å². The SMILES string of the molecule is COc1ccc(CC(NC(=O)C2(C)CC(=O)N2)C(=O)NC(Cc2ccccc2)C(=O)C2(C)CC2)cc1. The van der Waals surface area contributed by atoms with Crippen LogP contribution in [-0.4, -0.2) is 48.2 Å². The van der Waals surface area contributed by atoms with Crippen molar-refractivity contribution in [3.8, 4) is 5.75 Å². The largest absolute Gasteiger partial charge is 0.497 e. The van der Waals surface area contributed by atoms with E-state index in [1.165, 1.54) is 0 Å². The van der Waals surface area contributed by atoms with E-state index in [9.17, 15) is 19.2 Å². The molecule has 2 fully saturated rings. The third kappa shape index (κ3) is 5.75. The molecule has 1 saturated carbocycles. The van der Waals surface area contributed by atoms with E-state index < -0.39 is 34.9 Å². The Balaban J connectivity index is 1.54. The highest BCUT2D eigenvalue weighted by Gasteiger charge is 2.49. The van der Waals surface area contributed by atoms with Gasteiger partial charge in [0.25, 0.3) is 0 Å². The molecule has 0 bridgehead atoms. The Kier molecular flexibility index (Phi) is 7.15. The summed E-state index contributed by atoms with van der Waals surface area (Å²) in [5.41, 5.74) is 0.279. The van der Waals surface area contributed by atoms with Crippen molar-refractivity contribution in [1.29, 1.82) is 0 Å². The number of amides is 3. The number of Topliss-reactive ketones (excluding diaryl/α,β-unsaturated/α-hetero) is 1. The van der Waals surface area contributed by atoms with Crippen molar-refractivity contribution in [2.24, 2.45) is 5.41 Å². The second kappa shape index (κ2) is 10.1. The molecule has 0 radical (unpaired) electrons. The second-order valence-corrected chi connectivity index (χ2v) is 10.3. The molecule has 0 spiro atoms. The first-order valence-corrected chi connectivity index (χ1v) is 12.3. The minimum absolute atomic E-state index is 0.00689. The molecule has 1 aliphatic carbocycles. The van der Waals surface area contributed by atoms with Gasteiger partial charge in [-0.3, -0.25) is 19.2 Å². The maximum atomic E-state index is 13.6. The fraction of sp³-hybridized carbons (Fsp3) is 0.429. The Bertz CT molecular complexity index is 1130. The van der Waals surface area contributed by atoms with Gasteiger partial charge in [0.05, 0.1) is 19.6 Å². The summed E-state index contributed by atoms with van der Waals surface area (Å²) in [6.07, 6.45) is 2.25. The van der Waals surface area contributed by atoms with Crippen molar-refractivity contribution in [3.05, 3.63) is 65.7 Å². The van der Waals surface area contributed by atoms with Gasteiger partial charge in [0.1, 0.15) is 17.3 Å². The molecule has 36 heavy (non-hydrogen) atoms. The standard InChI is InChI=1S/C28H33N3O5/c1-27(13-14-27)24(33)21(15-18-7-5-4-6-8-18)29-25(34)22(16-19-9-11-20(36-3)12-10-19)30-26(35)28(2)17-23(32)31-28/h4-12,21-22H,13-17H2,1-3H3,(H,29,34)(H,30,35)(H,31,32). The van der Waals surface area contributed by atoms with Gasteiger partial charge in [-0.05, 0) is 49.4 Å². The number of carbonyl (C=O) groups is 4. The number of ether oxygens (including phenoxy) is 1. The van der Waals surface area contributed by atoms with Crippen molar-refractivity contribution in [2.75, 3.05) is 7.11 Å². The Labute approximate surface area is 211 Å². The highest BCUT2D eigenvalue weighted by atomic mass is 16.5. The maximum Gasteiger partial charge on any atom is 0.246 e. The predicted molar refractivity (Wildman–Crippen MR) is 134 cm³/mol. The molecule has 8 heteroatoms. The average molecular weight is 492 g/mol. The number of methoxy groups -OCH3 is 1. The molecule has 3 N–H and O–H groups in total. The molecule has 1 aliphatic heterocycles. The summed E-state index contributed by atoms with van der Waals surface area (Å²) in [4.78, 5) is 51.3. The van der Waals surface area contributed by atoms with Gasteiger partial charge < -0.3 is 20.7 Å². The van der Waals surface area contributed by atoms with E-state index in [4.69, 9.17) is 4.74 Å². The molecule has 2 aliphatic rings. The van der Waals surface area contributed by atoms with E-state index in [0.29, 0.717) is 12.2 Å². The minimum Gasteiger partial charge on any atom is -0.497 e. The molecule has 3 unspecified atom stereocenters. The first kappa shape index (κ1) is 25.4. The molecule has 0 aromatic heterocycles. The lowest BCUT2D eigenvalue weighted by atomic mass is 9.87. The number of hydrogen-bond donors (Lipinski definition) is 3. The fourth-order valence-corrected chi connectivity index (χ4v) is 4.46. The van der Waals surface area contributed by atoms with Gasteiger partial charge in [0, 0.05) is 11.8 Å². The number of rotatable bonds is 11. The topological polar surface area (TPSA) is 114 Å². The van der Waals surface area contributed by atoms with Crippen LogP contribution >= 0.6 is 0 Å². The molecule has 2 aromatic carbocycles. The quantitative estimate of drug-likeness (QED) is 0.417. The van der Waals surface area contributed by atoms with E-state index in [1.807, 2.05) is 49.4 Å². The molecule has 4 rings (SSSR count). The van der Waals surface area contributed by atoms with Crippen LogP contribution in [0.4, 0.5) is 0 Å². The molecule has 3 amide bonds. The van der Waals surface area contributed by atoms with Gasteiger partial charge in [-0.1, -0.05) is 49.4 Å². The number of β-lactam (4-membered cyclic amide) rings is 1.